The smallest absolute Gasteiger partial charge is 0.237 e. The molecule has 0 radical (unpaired) electrons. The minimum Gasteiger partial charge on any atom is -0.350 e. The van der Waals surface area contributed by atoms with E-state index < -0.39 is 0 Å². The summed E-state index contributed by atoms with van der Waals surface area (Å²) >= 11 is 0. The third-order valence-corrected chi connectivity index (χ3v) is 2.37. The van der Waals surface area contributed by atoms with Gasteiger partial charge >= 0.3 is 0 Å². The van der Waals surface area contributed by atoms with Crippen molar-refractivity contribution in [3.63, 3.8) is 0 Å². The van der Waals surface area contributed by atoms with Crippen LogP contribution in [0.2, 0.25) is 0 Å². The molecule has 0 saturated heterocycles. The van der Waals surface area contributed by atoms with Crippen LogP contribution in [0.5, 0.6) is 0 Å². The van der Waals surface area contributed by atoms with Gasteiger partial charge in [0, 0.05) is 5.54 Å². The van der Waals surface area contributed by atoms with E-state index in [1.807, 2.05) is 6.92 Å². The topological polar surface area (TPSA) is 55.1 Å². The SMILES string of the molecule is CCCC(N)C(=O)NC(C)(C)CC(C)(C)C. The summed E-state index contributed by atoms with van der Waals surface area (Å²) < 4.78 is 0. The van der Waals surface area contributed by atoms with Crippen LogP contribution in [0.1, 0.15) is 60.8 Å². The molecule has 0 aliphatic rings. The van der Waals surface area contributed by atoms with Crippen LogP contribution in [0.4, 0.5) is 0 Å². The van der Waals surface area contributed by atoms with Gasteiger partial charge in [-0.3, -0.25) is 4.79 Å². The van der Waals surface area contributed by atoms with Gasteiger partial charge in [0.2, 0.25) is 5.91 Å². The lowest BCUT2D eigenvalue weighted by atomic mass is 9.81. The van der Waals surface area contributed by atoms with Crippen molar-refractivity contribution < 1.29 is 4.79 Å². The van der Waals surface area contributed by atoms with Gasteiger partial charge in [0.15, 0.2) is 0 Å². The van der Waals surface area contributed by atoms with E-state index in [-0.39, 0.29) is 22.9 Å². The summed E-state index contributed by atoms with van der Waals surface area (Å²) in [5.74, 6) is -0.0314. The normalized spacial score (nSPS) is 14.7. The highest BCUT2D eigenvalue weighted by molar-refractivity contribution is 5.82. The van der Waals surface area contributed by atoms with Crippen LogP contribution >= 0.6 is 0 Å². The molecule has 3 heteroatoms. The summed E-state index contributed by atoms with van der Waals surface area (Å²) in [5.41, 5.74) is 5.79. The number of hydrogen-bond acceptors (Lipinski definition) is 2. The Morgan fingerprint density at radius 1 is 1.25 bits per heavy atom. The molecule has 0 fully saturated rings. The maximum atomic E-state index is 11.8. The molecule has 0 aliphatic heterocycles. The monoisotopic (exact) mass is 228 g/mol. The Labute approximate surface area is 100 Å². The van der Waals surface area contributed by atoms with Crippen molar-refractivity contribution in [1.82, 2.24) is 5.32 Å². The lowest BCUT2D eigenvalue weighted by Gasteiger charge is -2.34. The second-order valence-corrected chi connectivity index (χ2v) is 6.51. The van der Waals surface area contributed by atoms with Gasteiger partial charge in [-0.15, -0.1) is 0 Å². The summed E-state index contributed by atoms with van der Waals surface area (Å²) in [4.78, 5) is 11.8. The lowest BCUT2D eigenvalue weighted by Crippen LogP contribution is -2.51. The Morgan fingerprint density at radius 2 is 1.75 bits per heavy atom. The molecule has 0 spiro atoms. The third-order valence-electron chi connectivity index (χ3n) is 2.37. The third kappa shape index (κ3) is 6.83. The van der Waals surface area contributed by atoms with Gasteiger partial charge in [-0.05, 0) is 32.1 Å². The summed E-state index contributed by atoms with van der Waals surface area (Å²) in [6.45, 7) is 12.7. The average Bonchev–Trinajstić information content (AvgIpc) is 1.98. The number of nitrogens with one attached hydrogen (secondary N) is 1. The van der Waals surface area contributed by atoms with Crippen molar-refractivity contribution in [2.24, 2.45) is 11.1 Å². The first kappa shape index (κ1) is 15.4. The average molecular weight is 228 g/mol. The van der Waals surface area contributed by atoms with E-state index in [0.717, 1.165) is 19.3 Å². The quantitative estimate of drug-likeness (QED) is 0.759. The zero-order valence-electron chi connectivity index (χ0n) is 11.7. The van der Waals surface area contributed by atoms with Crippen molar-refractivity contribution in [3.05, 3.63) is 0 Å². The summed E-state index contributed by atoms with van der Waals surface area (Å²) in [7, 11) is 0. The number of rotatable bonds is 5. The molecule has 0 aromatic carbocycles. The Hall–Kier alpha value is -0.570. The molecule has 3 N–H and O–H groups in total. The number of amides is 1. The molecule has 0 aliphatic carbocycles. The molecule has 0 aromatic heterocycles. The molecule has 0 rings (SSSR count). The molecule has 0 heterocycles. The second-order valence-electron chi connectivity index (χ2n) is 6.51. The first-order valence-corrected chi connectivity index (χ1v) is 6.15. The van der Waals surface area contributed by atoms with Crippen molar-refractivity contribution in [2.75, 3.05) is 0 Å². The van der Waals surface area contributed by atoms with Crippen LogP contribution in [0.25, 0.3) is 0 Å². The molecular formula is C13H28N2O. The minimum absolute atomic E-state index is 0.0314. The van der Waals surface area contributed by atoms with E-state index in [4.69, 9.17) is 5.73 Å². The maximum Gasteiger partial charge on any atom is 0.237 e. The first-order chi connectivity index (χ1) is 7.07. The molecule has 0 aromatic rings. The zero-order valence-corrected chi connectivity index (χ0v) is 11.7. The van der Waals surface area contributed by atoms with Gasteiger partial charge in [0.25, 0.3) is 0 Å². The first-order valence-electron chi connectivity index (χ1n) is 6.15. The molecular weight excluding hydrogens is 200 g/mol. The number of carbonyl (C=O) groups excluding carboxylic acids is 1. The fourth-order valence-corrected chi connectivity index (χ4v) is 2.24. The van der Waals surface area contributed by atoms with Crippen LogP contribution in [-0.4, -0.2) is 17.5 Å². The van der Waals surface area contributed by atoms with E-state index in [9.17, 15) is 4.79 Å². The van der Waals surface area contributed by atoms with E-state index in [1.54, 1.807) is 0 Å². The second kappa shape index (κ2) is 5.67. The van der Waals surface area contributed by atoms with Gasteiger partial charge in [-0.1, -0.05) is 34.1 Å². The highest BCUT2D eigenvalue weighted by Gasteiger charge is 2.28. The highest BCUT2D eigenvalue weighted by atomic mass is 16.2. The highest BCUT2D eigenvalue weighted by Crippen LogP contribution is 2.26. The lowest BCUT2D eigenvalue weighted by molar-refractivity contribution is -0.124. The van der Waals surface area contributed by atoms with E-state index >= 15 is 0 Å². The fourth-order valence-electron chi connectivity index (χ4n) is 2.24. The van der Waals surface area contributed by atoms with Crippen molar-refractivity contribution in [1.29, 1.82) is 0 Å². The van der Waals surface area contributed by atoms with Crippen LogP contribution < -0.4 is 11.1 Å². The molecule has 3 nitrogen and oxygen atoms in total. The molecule has 1 atom stereocenters. The predicted octanol–water partition coefficient (Wildman–Crippen LogP) is 2.44. The minimum atomic E-state index is -0.371. The standard InChI is InChI=1S/C13H28N2O/c1-7-8-10(14)11(16)15-13(5,6)9-12(2,3)4/h10H,7-9,14H2,1-6H3,(H,15,16). The summed E-state index contributed by atoms with van der Waals surface area (Å²) in [6, 6.07) is -0.371. The van der Waals surface area contributed by atoms with Crippen LogP contribution in [0.15, 0.2) is 0 Å². The van der Waals surface area contributed by atoms with Crippen molar-refractivity contribution >= 4 is 5.91 Å². The summed E-state index contributed by atoms with van der Waals surface area (Å²) in [6.07, 6.45) is 2.62. The maximum absolute atomic E-state index is 11.8. The molecule has 0 saturated carbocycles. The van der Waals surface area contributed by atoms with Crippen molar-refractivity contribution in [3.8, 4) is 0 Å². The molecule has 1 amide bonds. The van der Waals surface area contributed by atoms with Gasteiger partial charge in [0.05, 0.1) is 6.04 Å². The van der Waals surface area contributed by atoms with Gasteiger partial charge < -0.3 is 11.1 Å². The molecule has 16 heavy (non-hydrogen) atoms. The predicted molar refractivity (Wildman–Crippen MR) is 69.2 cm³/mol. The zero-order chi connectivity index (χ0) is 13.0. The molecule has 1 unspecified atom stereocenters. The Balaban J connectivity index is 4.30. The van der Waals surface area contributed by atoms with E-state index in [2.05, 4.69) is 39.9 Å². The van der Waals surface area contributed by atoms with Gasteiger partial charge in [0.1, 0.15) is 0 Å². The molecule has 96 valence electrons. The Bertz CT molecular complexity index is 229. The van der Waals surface area contributed by atoms with E-state index in [1.165, 1.54) is 0 Å². The Morgan fingerprint density at radius 3 is 2.12 bits per heavy atom. The van der Waals surface area contributed by atoms with Crippen LogP contribution in [-0.2, 0) is 4.79 Å². The van der Waals surface area contributed by atoms with Gasteiger partial charge in [-0.2, -0.15) is 0 Å². The molecule has 0 bridgehead atoms. The number of nitrogens with two attached hydrogens (primary N) is 1. The number of carbonyl (C=O) groups is 1. The van der Waals surface area contributed by atoms with Gasteiger partial charge in [-0.25, -0.2) is 0 Å². The van der Waals surface area contributed by atoms with Crippen LogP contribution in [0.3, 0.4) is 0 Å². The fraction of sp³-hybridized carbons (Fsp3) is 0.923. The largest absolute Gasteiger partial charge is 0.350 e. The van der Waals surface area contributed by atoms with Crippen molar-refractivity contribution in [2.45, 2.75) is 72.4 Å². The van der Waals surface area contributed by atoms with E-state index in [0.29, 0.717) is 0 Å². The summed E-state index contributed by atoms with van der Waals surface area (Å²) in [5, 5.41) is 3.03. The van der Waals surface area contributed by atoms with Crippen LogP contribution in [0, 0.1) is 5.41 Å². The number of hydrogen-bond donors (Lipinski definition) is 2. The Kier molecular flexibility index (Phi) is 5.47.